The molecule has 2 rings (SSSR count). The molecule has 1 N–H and O–H groups in total. The van der Waals surface area contributed by atoms with Crippen molar-refractivity contribution in [2.24, 2.45) is 0 Å². The Balaban J connectivity index is 1.91. The van der Waals surface area contributed by atoms with Crippen molar-refractivity contribution in [1.82, 2.24) is 9.62 Å². The fourth-order valence-corrected chi connectivity index (χ4v) is 4.26. The summed E-state index contributed by atoms with van der Waals surface area (Å²) >= 11 is 0. The van der Waals surface area contributed by atoms with Crippen LogP contribution in [-0.4, -0.2) is 44.2 Å². The van der Waals surface area contributed by atoms with Crippen molar-refractivity contribution in [3.8, 4) is 0 Å². The van der Waals surface area contributed by atoms with Crippen LogP contribution in [0.2, 0.25) is 0 Å². The molecule has 6 heteroatoms. The van der Waals surface area contributed by atoms with E-state index in [9.17, 15) is 12.8 Å². The second kappa shape index (κ2) is 6.64. The lowest BCUT2D eigenvalue weighted by atomic mass is 9.78. The molecule has 1 aromatic rings. The van der Waals surface area contributed by atoms with E-state index in [2.05, 4.69) is 26.1 Å². The van der Waals surface area contributed by atoms with E-state index in [0.29, 0.717) is 19.6 Å². The maximum absolute atomic E-state index is 13.0. The summed E-state index contributed by atoms with van der Waals surface area (Å²) in [5.41, 5.74) is 0.889. The van der Waals surface area contributed by atoms with Gasteiger partial charge in [0.1, 0.15) is 5.82 Å². The molecule has 0 saturated carbocycles. The fraction of sp³-hybridized carbons (Fsp3) is 0.625. The van der Waals surface area contributed by atoms with E-state index in [-0.39, 0.29) is 23.0 Å². The molecule has 1 atom stereocenters. The molecular weight excluding hydrogens is 303 g/mol. The molecule has 124 valence electrons. The molecule has 0 radical (unpaired) electrons. The number of benzene rings is 1. The summed E-state index contributed by atoms with van der Waals surface area (Å²) in [7, 11) is -3.03. The van der Waals surface area contributed by atoms with E-state index >= 15 is 0 Å². The van der Waals surface area contributed by atoms with Crippen LogP contribution in [0.4, 0.5) is 4.39 Å². The van der Waals surface area contributed by atoms with Gasteiger partial charge in [0.05, 0.1) is 5.75 Å². The normalized spacial score (nSPS) is 20.2. The predicted octanol–water partition coefficient (Wildman–Crippen LogP) is 2.12. The number of hydrogen-bond acceptors (Lipinski definition) is 3. The smallest absolute Gasteiger partial charge is 0.214 e. The van der Waals surface area contributed by atoms with Crippen LogP contribution in [0.5, 0.6) is 0 Å². The third kappa shape index (κ3) is 3.86. The van der Waals surface area contributed by atoms with Crippen molar-refractivity contribution in [3.63, 3.8) is 0 Å². The Morgan fingerprint density at radius 1 is 1.32 bits per heavy atom. The van der Waals surface area contributed by atoms with Gasteiger partial charge in [-0.15, -0.1) is 0 Å². The molecule has 1 aliphatic rings. The number of sulfonamides is 1. The lowest BCUT2D eigenvalue weighted by molar-refractivity contribution is 0.344. The SMILES string of the molecule is CC(NCCN1CCCS1(=O)=O)C(C)(C)c1ccc(F)cc1. The third-order valence-corrected chi connectivity index (χ3v) is 6.64. The minimum Gasteiger partial charge on any atom is -0.312 e. The molecule has 22 heavy (non-hydrogen) atoms. The molecule has 1 aliphatic heterocycles. The molecular formula is C16H25FN2O2S. The molecule has 0 aromatic heterocycles. The van der Waals surface area contributed by atoms with Crippen LogP contribution in [0.3, 0.4) is 0 Å². The summed E-state index contributed by atoms with van der Waals surface area (Å²) in [4.78, 5) is 0. The van der Waals surface area contributed by atoms with E-state index in [1.54, 1.807) is 16.4 Å². The number of hydrogen-bond donors (Lipinski definition) is 1. The van der Waals surface area contributed by atoms with Gasteiger partial charge in [0.15, 0.2) is 0 Å². The minimum absolute atomic E-state index is 0.142. The number of rotatable bonds is 6. The summed E-state index contributed by atoms with van der Waals surface area (Å²) < 4.78 is 38.1. The van der Waals surface area contributed by atoms with Crippen molar-refractivity contribution in [2.45, 2.75) is 38.6 Å². The van der Waals surface area contributed by atoms with E-state index in [1.807, 2.05) is 0 Å². The Morgan fingerprint density at radius 3 is 2.50 bits per heavy atom. The predicted molar refractivity (Wildman–Crippen MR) is 86.9 cm³/mol. The van der Waals surface area contributed by atoms with Gasteiger partial charge >= 0.3 is 0 Å². The van der Waals surface area contributed by atoms with Gasteiger partial charge < -0.3 is 5.32 Å². The topological polar surface area (TPSA) is 49.4 Å². The van der Waals surface area contributed by atoms with Crippen LogP contribution < -0.4 is 5.32 Å². The summed E-state index contributed by atoms with van der Waals surface area (Å²) in [6.07, 6.45) is 0.721. The first kappa shape index (κ1) is 17.4. The third-order valence-electron chi connectivity index (χ3n) is 4.69. The van der Waals surface area contributed by atoms with Crippen molar-refractivity contribution >= 4 is 10.0 Å². The summed E-state index contributed by atoms with van der Waals surface area (Å²) in [6.45, 7) is 8.02. The number of halogens is 1. The van der Waals surface area contributed by atoms with Gasteiger partial charge in [-0.1, -0.05) is 26.0 Å². The maximum atomic E-state index is 13.0. The van der Waals surface area contributed by atoms with E-state index in [0.717, 1.165) is 12.0 Å². The quantitative estimate of drug-likeness (QED) is 0.870. The first-order chi connectivity index (χ1) is 10.2. The summed E-state index contributed by atoms with van der Waals surface area (Å²) in [5, 5.41) is 3.40. The first-order valence-electron chi connectivity index (χ1n) is 7.71. The molecule has 1 fully saturated rings. The average Bonchev–Trinajstić information content (AvgIpc) is 2.78. The van der Waals surface area contributed by atoms with Gasteiger partial charge in [-0.2, -0.15) is 0 Å². The highest BCUT2D eigenvalue weighted by Gasteiger charge is 2.30. The van der Waals surface area contributed by atoms with Crippen molar-refractivity contribution < 1.29 is 12.8 Å². The largest absolute Gasteiger partial charge is 0.312 e. The number of nitrogens with one attached hydrogen (secondary N) is 1. The standard InChI is InChI=1S/C16H25FN2O2S/c1-13(16(2,3)14-5-7-15(17)8-6-14)18-9-11-19-10-4-12-22(19,20)21/h5-8,13,18H,4,9-12H2,1-3H3. The van der Waals surface area contributed by atoms with Crippen LogP contribution in [0.25, 0.3) is 0 Å². The van der Waals surface area contributed by atoms with Crippen LogP contribution >= 0.6 is 0 Å². The highest BCUT2D eigenvalue weighted by Crippen LogP contribution is 2.27. The van der Waals surface area contributed by atoms with Crippen LogP contribution in [-0.2, 0) is 15.4 Å². The van der Waals surface area contributed by atoms with Gasteiger partial charge in [0, 0.05) is 31.1 Å². The minimum atomic E-state index is -3.03. The average molecular weight is 328 g/mol. The molecule has 1 unspecified atom stereocenters. The zero-order valence-corrected chi connectivity index (χ0v) is 14.3. The fourth-order valence-electron chi connectivity index (χ4n) is 2.73. The lowest BCUT2D eigenvalue weighted by Crippen LogP contribution is -2.45. The molecule has 1 saturated heterocycles. The molecule has 0 bridgehead atoms. The Hall–Kier alpha value is -0.980. The van der Waals surface area contributed by atoms with Gasteiger partial charge in [-0.25, -0.2) is 17.1 Å². The highest BCUT2D eigenvalue weighted by atomic mass is 32.2. The summed E-state index contributed by atoms with van der Waals surface area (Å²) in [6, 6.07) is 6.70. The van der Waals surface area contributed by atoms with Crippen molar-refractivity contribution in [1.29, 1.82) is 0 Å². The number of nitrogens with zero attached hydrogens (tertiary/aromatic N) is 1. The second-order valence-corrected chi connectivity index (χ2v) is 8.56. The van der Waals surface area contributed by atoms with Gasteiger partial charge in [0.25, 0.3) is 0 Å². The molecule has 1 heterocycles. The molecule has 0 aliphatic carbocycles. The first-order valence-corrected chi connectivity index (χ1v) is 9.31. The zero-order valence-electron chi connectivity index (χ0n) is 13.5. The lowest BCUT2D eigenvalue weighted by Gasteiger charge is -2.33. The molecule has 0 amide bonds. The Labute approximate surface area is 132 Å². The monoisotopic (exact) mass is 328 g/mol. The van der Waals surface area contributed by atoms with Crippen molar-refractivity contribution in [2.75, 3.05) is 25.4 Å². The highest BCUT2D eigenvalue weighted by molar-refractivity contribution is 7.89. The summed E-state index contributed by atoms with van der Waals surface area (Å²) in [5.74, 6) is 0.0308. The van der Waals surface area contributed by atoms with Gasteiger partial charge in [0.2, 0.25) is 10.0 Å². The van der Waals surface area contributed by atoms with Gasteiger partial charge in [-0.3, -0.25) is 0 Å². The Kier molecular flexibility index (Phi) is 5.25. The van der Waals surface area contributed by atoms with Crippen molar-refractivity contribution in [3.05, 3.63) is 35.6 Å². The van der Waals surface area contributed by atoms with Crippen LogP contribution in [0.15, 0.2) is 24.3 Å². The molecule has 0 spiro atoms. The van der Waals surface area contributed by atoms with E-state index in [4.69, 9.17) is 0 Å². The Morgan fingerprint density at radius 2 is 1.95 bits per heavy atom. The van der Waals surface area contributed by atoms with E-state index in [1.165, 1.54) is 12.1 Å². The zero-order chi connectivity index (χ0) is 16.4. The second-order valence-electron chi connectivity index (χ2n) is 6.47. The van der Waals surface area contributed by atoms with Crippen LogP contribution in [0.1, 0.15) is 32.8 Å². The Bertz CT molecular complexity index is 599. The maximum Gasteiger partial charge on any atom is 0.214 e. The van der Waals surface area contributed by atoms with Gasteiger partial charge in [-0.05, 0) is 31.0 Å². The molecule has 1 aromatic carbocycles. The van der Waals surface area contributed by atoms with E-state index < -0.39 is 10.0 Å². The van der Waals surface area contributed by atoms with Crippen LogP contribution in [0, 0.1) is 5.82 Å². The molecule has 4 nitrogen and oxygen atoms in total.